The summed E-state index contributed by atoms with van der Waals surface area (Å²) in [4.78, 5) is 11.8. The number of hydrogen-bond donors (Lipinski definition) is 0. The van der Waals surface area contributed by atoms with Crippen molar-refractivity contribution in [2.24, 2.45) is 5.41 Å². The third-order valence-corrected chi connectivity index (χ3v) is 8.66. The van der Waals surface area contributed by atoms with E-state index in [0.717, 1.165) is 55.4 Å². The second kappa shape index (κ2) is 9.05. The Labute approximate surface area is 220 Å². The topological polar surface area (TPSA) is 61.6 Å². The lowest BCUT2D eigenvalue weighted by Gasteiger charge is -2.52. The van der Waals surface area contributed by atoms with Gasteiger partial charge in [-0.05, 0) is 68.4 Å². The van der Waals surface area contributed by atoms with Gasteiger partial charge in [-0.3, -0.25) is 0 Å². The summed E-state index contributed by atoms with van der Waals surface area (Å²) in [6, 6.07) is 13.1. The molecule has 2 aliphatic heterocycles. The van der Waals surface area contributed by atoms with Crippen molar-refractivity contribution >= 4 is 35.2 Å². The molecule has 2 saturated heterocycles. The third-order valence-electron chi connectivity index (χ3n) is 8.03. The van der Waals surface area contributed by atoms with Crippen LogP contribution in [0, 0.1) is 5.41 Å². The van der Waals surface area contributed by atoms with Crippen LogP contribution < -0.4 is 0 Å². The largest absolute Gasteiger partial charge is 0.465 e. The second-order valence-electron chi connectivity index (χ2n) is 10.2. The molecule has 2 aliphatic carbocycles. The monoisotopic (exact) mass is 523 g/mol. The minimum atomic E-state index is -0.326. The molecule has 0 amide bonds. The zero-order chi connectivity index (χ0) is 24.9. The average molecular weight is 524 g/mol. The van der Waals surface area contributed by atoms with Crippen molar-refractivity contribution in [1.29, 1.82) is 0 Å². The van der Waals surface area contributed by atoms with Gasteiger partial charge >= 0.3 is 5.97 Å². The maximum atomic E-state index is 11.8. The molecule has 3 aromatic rings. The van der Waals surface area contributed by atoms with E-state index in [2.05, 4.69) is 17.3 Å². The van der Waals surface area contributed by atoms with Crippen molar-refractivity contribution in [2.75, 3.05) is 13.7 Å². The van der Waals surface area contributed by atoms with Crippen LogP contribution in [0.4, 0.5) is 0 Å². The van der Waals surface area contributed by atoms with Gasteiger partial charge in [0, 0.05) is 22.5 Å². The predicted octanol–water partition coefficient (Wildman–Crippen LogP) is 7.81. The molecule has 4 fully saturated rings. The first kappa shape index (κ1) is 23.8. The summed E-state index contributed by atoms with van der Waals surface area (Å²) in [6.07, 6.45) is 10.6. The van der Waals surface area contributed by atoms with Crippen molar-refractivity contribution in [2.45, 2.75) is 50.0 Å². The molecule has 1 aromatic heterocycles. The zero-order valence-electron chi connectivity index (χ0n) is 20.1. The van der Waals surface area contributed by atoms with Crippen LogP contribution in [-0.2, 0) is 15.1 Å². The van der Waals surface area contributed by atoms with E-state index in [4.69, 9.17) is 37.2 Å². The van der Waals surface area contributed by atoms with E-state index in [1.54, 1.807) is 0 Å². The van der Waals surface area contributed by atoms with E-state index in [9.17, 15) is 4.79 Å². The second-order valence-corrected chi connectivity index (χ2v) is 11.0. The molecule has 4 aliphatic rings. The van der Waals surface area contributed by atoms with Gasteiger partial charge in [0.25, 0.3) is 0 Å². The molecule has 0 unspecified atom stereocenters. The highest BCUT2D eigenvalue weighted by Crippen LogP contribution is 2.55. The summed E-state index contributed by atoms with van der Waals surface area (Å²) in [5.74, 6) is 0.994. The number of halogens is 2. The van der Waals surface area contributed by atoms with Gasteiger partial charge in [-0.2, -0.15) is 0 Å². The first-order chi connectivity index (χ1) is 17.4. The number of methoxy groups -OCH3 is 1. The Morgan fingerprint density at radius 2 is 1.75 bits per heavy atom. The van der Waals surface area contributed by atoms with Crippen LogP contribution in [0.15, 0.2) is 53.1 Å². The minimum absolute atomic E-state index is 0.0344. The molecule has 2 saturated carbocycles. The number of carbonyl (C=O) groups is 1. The molecular weight excluding hydrogens is 497 g/mol. The molecule has 3 heterocycles. The number of carbonyl (C=O) groups excluding carboxylic acids is 1. The zero-order valence-corrected chi connectivity index (χ0v) is 21.6. The van der Waals surface area contributed by atoms with E-state index < -0.39 is 0 Å². The van der Waals surface area contributed by atoms with Crippen LogP contribution in [0.1, 0.15) is 71.7 Å². The Bertz CT molecular complexity index is 1300. The predicted molar refractivity (Wildman–Crippen MR) is 139 cm³/mol. The van der Waals surface area contributed by atoms with Crippen molar-refractivity contribution in [1.82, 2.24) is 5.16 Å². The van der Waals surface area contributed by atoms with E-state index in [0.29, 0.717) is 39.4 Å². The van der Waals surface area contributed by atoms with Crippen molar-refractivity contribution < 1.29 is 18.8 Å². The summed E-state index contributed by atoms with van der Waals surface area (Å²) in [5, 5.41) is 5.53. The molecule has 36 heavy (non-hydrogen) atoms. The number of rotatable bonds is 6. The van der Waals surface area contributed by atoms with Crippen molar-refractivity contribution in [3.05, 3.63) is 81.0 Å². The van der Waals surface area contributed by atoms with Crippen LogP contribution >= 0.6 is 23.2 Å². The summed E-state index contributed by atoms with van der Waals surface area (Å²) < 4.78 is 17.2. The normalized spacial score (nSPS) is 25.4. The molecule has 0 N–H and O–H groups in total. The Kier molecular flexibility index (Phi) is 5.98. The highest BCUT2D eigenvalue weighted by Gasteiger charge is 2.49. The molecule has 7 heteroatoms. The molecule has 5 nitrogen and oxygen atoms in total. The van der Waals surface area contributed by atoms with Crippen molar-refractivity contribution in [3.8, 4) is 11.3 Å². The van der Waals surface area contributed by atoms with Gasteiger partial charge in [-0.1, -0.05) is 58.7 Å². The summed E-state index contributed by atoms with van der Waals surface area (Å²) in [6.45, 7) is 0.647. The molecule has 2 bridgehead atoms. The SMILES string of the molecule is COC(=O)c1ccc(C23CCC(/C=C/c4c(-c5c(Cl)cccc5Cl)noc4C4CC4)(CC2)CO3)cc1. The number of esters is 1. The lowest BCUT2D eigenvalue weighted by molar-refractivity contribution is -0.173. The van der Waals surface area contributed by atoms with Crippen LogP contribution in [0.25, 0.3) is 17.3 Å². The molecule has 7 rings (SSSR count). The summed E-state index contributed by atoms with van der Waals surface area (Å²) in [5.41, 5.74) is 3.74. The van der Waals surface area contributed by atoms with Crippen LogP contribution in [-0.4, -0.2) is 24.8 Å². The van der Waals surface area contributed by atoms with E-state index in [1.807, 2.05) is 42.5 Å². The van der Waals surface area contributed by atoms with Crippen LogP contribution in [0.5, 0.6) is 0 Å². The van der Waals surface area contributed by atoms with E-state index in [1.165, 1.54) is 7.11 Å². The number of ether oxygens (including phenoxy) is 2. The molecule has 2 aromatic carbocycles. The first-order valence-corrected chi connectivity index (χ1v) is 13.2. The fraction of sp³-hybridized carbons (Fsp3) is 0.379. The number of aromatic nitrogens is 1. The maximum absolute atomic E-state index is 11.8. The third kappa shape index (κ3) is 4.07. The Morgan fingerprint density at radius 1 is 1.06 bits per heavy atom. The van der Waals surface area contributed by atoms with Crippen LogP contribution in [0.3, 0.4) is 0 Å². The molecular formula is C29H27Cl2NO4. The lowest BCUT2D eigenvalue weighted by atomic mass is 9.64. The number of nitrogens with zero attached hydrogens (tertiary/aromatic N) is 1. The van der Waals surface area contributed by atoms with Crippen molar-refractivity contribution in [3.63, 3.8) is 0 Å². The van der Waals surface area contributed by atoms with Gasteiger partial charge in [0.15, 0.2) is 0 Å². The van der Waals surface area contributed by atoms with Gasteiger partial charge in [-0.15, -0.1) is 0 Å². The fourth-order valence-electron chi connectivity index (χ4n) is 5.61. The molecule has 0 atom stereocenters. The molecule has 186 valence electrons. The molecule has 0 spiro atoms. The van der Waals surface area contributed by atoms with Gasteiger partial charge in [0.2, 0.25) is 0 Å². The lowest BCUT2D eigenvalue weighted by Crippen LogP contribution is -2.48. The standard InChI is InChI=1S/C29H27Cl2NO4/c1-34-27(33)19-7-9-20(10-8-19)29-15-13-28(14-16-29,17-35-29)12-11-21-25(32-36-26(21)18-5-6-18)24-22(30)3-2-4-23(24)31/h2-4,7-12,18H,5-6,13-17H2,1H3/b12-11+. The quantitative estimate of drug-likeness (QED) is 0.308. The average Bonchev–Trinajstić information content (AvgIpc) is 3.68. The highest BCUT2D eigenvalue weighted by atomic mass is 35.5. The fourth-order valence-corrected chi connectivity index (χ4v) is 6.19. The molecule has 0 radical (unpaired) electrons. The number of hydrogen-bond acceptors (Lipinski definition) is 5. The van der Waals surface area contributed by atoms with Gasteiger partial charge in [0.1, 0.15) is 11.5 Å². The summed E-state index contributed by atoms with van der Waals surface area (Å²) >= 11 is 13.0. The van der Waals surface area contributed by atoms with Gasteiger partial charge in [-0.25, -0.2) is 4.79 Å². The maximum Gasteiger partial charge on any atom is 0.337 e. The van der Waals surface area contributed by atoms with E-state index >= 15 is 0 Å². The summed E-state index contributed by atoms with van der Waals surface area (Å²) in [7, 11) is 1.40. The first-order valence-electron chi connectivity index (χ1n) is 12.4. The number of fused-ring (bicyclic) bond motifs is 3. The minimum Gasteiger partial charge on any atom is -0.465 e. The Balaban J connectivity index is 1.26. The van der Waals surface area contributed by atoms with E-state index in [-0.39, 0.29) is 17.0 Å². The number of benzene rings is 2. The Hall–Kier alpha value is -2.60. The van der Waals surface area contributed by atoms with Gasteiger partial charge < -0.3 is 14.0 Å². The van der Waals surface area contributed by atoms with Crippen LogP contribution in [0.2, 0.25) is 10.0 Å². The Morgan fingerprint density at radius 3 is 2.33 bits per heavy atom. The smallest absolute Gasteiger partial charge is 0.337 e. The highest BCUT2D eigenvalue weighted by molar-refractivity contribution is 6.39. The van der Waals surface area contributed by atoms with Gasteiger partial charge in [0.05, 0.1) is 34.9 Å².